The highest BCUT2D eigenvalue weighted by molar-refractivity contribution is 7.89. The molecular weight excluding hydrogens is 318 g/mol. The van der Waals surface area contributed by atoms with Gasteiger partial charge in [-0.15, -0.1) is 0 Å². The van der Waals surface area contributed by atoms with Crippen LogP contribution in [-0.2, 0) is 16.6 Å². The number of nitrogens with zero attached hydrogens (tertiary/aromatic N) is 4. The van der Waals surface area contributed by atoms with Crippen LogP contribution in [0.15, 0.2) is 29.2 Å². The SMILES string of the molecule is COc1nc(CNS(=O)(=O)c2ccc(C)cc2)nc(N(C)C)n1. The van der Waals surface area contributed by atoms with Crippen molar-refractivity contribution in [2.75, 3.05) is 26.1 Å². The second kappa shape index (κ2) is 6.88. The molecule has 0 saturated heterocycles. The van der Waals surface area contributed by atoms with Crippen LogP contribution < -0.4 is 14.4 Å². The van der Waals surface area contributed by atoms with Crippen LogP contribution in [0.4, 0.5) is 5.95 Å². The zero-order valence-corrected chi connectivity index (χ0v) is 14.3. The number of ether oxygens (including phenoxy) is 1. The van der Waals surface area contributed by atoms with Crippen LogP contribution in [0.3, 0.4) is 0 Å². The topological polar surface area (TPSA) is 97.3 Å². The summed E-state index contributed by atoms with van der Waals surface area (Å²) < 4.78 is 32.0. The van der Waals surface area contributed by atoms with Crippen molar-refractivity contribution in [2.24, 2.45) is 0 Å². The summed E-state index contributed by atoms with van der Waals surface area (Å²) in [6, 6.07) is 6.72. The van der Waals surface area contributed by atoms with Crippen LogP contribution in [0, 0.1) is 6.92 Å². The van der Waals surface area contributed by atoms with Gasteiger partial charge >= 0.3 is 6.01 Å². The van der Waals surface area contributed by atoms with Gasteiger partial charge in [-0.2, -0.15) is 15.0 Å². The van der Waals surface area contributed by atoms with Crippen LogP contribution in [0.25, 0.3) is 0 Å². The van der Waals surface area contributed by atoms with Crippen LogP contribution in [0.5, 0.6) is 6.01 Å². The van der Waals surface area contributed by atoms with Gasteiger partial charge in [-0.25, -0.2) is 13.1 Å². The Morgan fingerprint density at radius 3 is 2.35 bits per heavy atom. The van der Waals surface area contributed by atoms with E-state index in [-0.39, 0.29) is 23.3 Å². The van der Waals surface area contributed by atoms with Crippen molar-refractivity contribution >= 4 is 16.0 Å². The van der Waals surface area contributed by atoms with E-state index >= 15 is 0 Å². The maximum absolute atomic E-state index is 12.3. The molecule has 1 aromatic carbocycles. The second-order valence-electron chi connectivity index (χ2n) is 5.07. The normalized spacial score (nSPS) is 11.3. The minimum absolute atomic E-state index is 0.0596. The Hall–Kier alpha value is -2.26. The quantitative estimate of drug-likeness (QED) is 0.830. The Kier molecular flexibility index (Phi) is 5.12. The van der Waals surface area contributed by atoms with Crippen molar-refractivity contribution in [2.45, 2.75) is 18.4 Å². The highest BCUT2D eigenvalue weighted by atomic mass is 32.2. The Balaban J connectivity index is 2.19. The highest BCUT2D eigenvalue weighted by Crippen LogP contribution is 2.12. The van der Waals surface area contributed by atoms with E-state index in [1.165, 1.54) is 7.11 Å². The van der Waals surface area contributed by atoms with Gasteiger partial charge in [-0.05, 0) is 19.1 Å². The first-order valence-electron chi connectivity index (χ1n) is 6.84. The Morgan fingerprint density at radius 1 is 1.13 bits per heavy atom. The smallest absolute Gasteiger partial charge is 0.321 e. The molecule has 9 heteroatoms. The van der Waals surface area contributed by atoms with E-state index in [0.29, 0.717) is 5.95 Å². The standard InChI is InChI=1S/C14H19N5O3S/c1-10-5-7-11(8-6-10)23(20,21)15-9-12-16-13(19(2)3)18-14(17-12)22-4/h5-8,15H,9H2,1-4H3. The van der Waals surface area contributed by atoms with Gasteiger partial charge in [0.2, 0.25) is 16.0 Å². The first-order chi connectivity index (χ1) is 10.8. The second-order valence-corrected chi connectivity index (χ2v) is 6.84. The molecule has 1 N–H and O–H groups in total. The molecule has 0 atom stereocenters. The number of aryl methyl sites for hydroxylation is 1. The molecule has 0 saturated carbocycles. The molecule has 0 unspecified atom stereocenters. The minimum Gasteiger partial charge on any atom is -0.467 e. The van der Waals surface area contributed by atoms with E-state index in [4.69, 9.17) is 4.74 Å². The number of methoxy groups -OCH3 is 1. The maximum atomic E-state index is 12.3. The summed E-state index contributed by atoms with van der Waals surface area (Å²) >= 11 is 0. The highest BCUT2D eigenvalue weighted by Gasteiger charge is 2.15. The molecule has 0 aliphatic rings. The Labute approximate surface area is 135 Å². The van der Waals surface area contributed by atoms with Gasteiger partial charge in [0.15, 0.2) is 5.82 Å². The van der Waals surface area contributed by atoms with Crippen molar-refractivity contribution in [3.63, 3.8) is 0 Å². The van der Waals surface area contributed by atoms with Crippen molar-refractivity contribution in [3.05, 3.63) is 35.7 Å². The number of anilines is 1. The predicted molar refractivity (Wildman–Crippen MR) is 85.9 cm³/mol. The van der Waals surface area contributed by atoms with Crippen LogP contribution >= 0.6 is 0 Å². The van der Waals surface area contributed by atoms with Gasteiger partial charge in [0, 0.05) is 14.1 Å². The Morgan fingerprint density at radius 2 is 1.78 bits per heavy atom. The fourth-order valence-corrected chi connectivity index (χ4v) is 2.70. The minimum atomic E-state index is -3.63. The molecule has 0 bridgehead atoms. The monoisotopic (exact) mass is 337 g/mol. The molecule has 2 rings (SSSR count). The molecule has 23 heavy (non-hydrogen) atoms. The largest absolute Gasteiger partial charge is 0.467 e. The van der Waals surface area contributed by atoms with Crippen molar-refractivity contribution in [1.82, 2.24) is 19.7 Å². The summed E-state index contributed by atoms with van der Waals surface area (Å²) in [4.78, 5) is 14.2. The van der Waals surface area contributed by atoms with Crippen LogP contribution in [-0.4, -0.2) is 44.6 Å². The van der Waals surface area contributed by atoms with Crippen molar-refractivity contribution < 1.29 is 13.2 Å². The molecule has 0 fully saturated rings. The van der Waals surface area contributed by atoms with Gasteiger partial charge in [-0.3, -0.25) is 0 Å². The lowest BCUT2D eigenvalue weighted by molar-refractivity contribution is 0.375. The molecule has 0 aliphatic carbocycles. The number of sulfonamides is 1. The fourth-order valence-electron chi connectivity index (χ4n) is 1.72. The summed E-state index contributed by atoms with van der Waals surface area (Å²) in [7, 11) is 1.35. The summed E-state index contributed by atoms with van der Waals surface area (Å²) in [5.74, 6) is 0.664. The predicted octanol–water partition coefficient (Wildman–Crippen LogP) is 0.733. The van der Waals surface area contributed by atoms with Crippen molar-refractivity contribution in [3.8, 4) is 6.01 Å². The average molecular weight is 337 g/mol. The third-order valence-corrected chi connectivity index (χ3v) is 4.40. The number of rotatable bonds is 6. The van der Waals surface area contributed by atoms with E-state index in [0.717, 1.165) is 5.56 Å². The zero-order valence-electron chi connectivity index (χ0n) is 13.4. The molecule has 8 nitrogen and oxygen atoms in total. The summed E-state index contributed by atoms with van der Waals surface area (Å²) in [5, 5.41) is 0. The number of nitrogens with one attached hydrogen (secondary N) is 1. The Bertz CT molecular complexity index is 775. The first kappa shape index (κ1) is 17.1. The van der Waals surface area contributed by atoms with E-state index in [9.17, 15) is 8.42 Å². The zero-order chi connectivity index (χ0) is 17.0. The van der Waals surface area contributed by atoms with Gasteiger partial charge < -0.3 is 9.64 Å². The fraction of sp³-hybridized carbons (Fsp3) is 0.357. The molecule has 1 aromatic heterocycles. The molecular formula is C14H19N5O3S. The molecule has 124 valence electrons. The molecule has 0 aliphatic heterocycles. The van der Waals surface area contributed by atoms with Gasteiger partial charge in [0.05, 0.1) is 18.6 Å². The molecule has 1 heterocycles. The van der Waals surface area contributed by atoms with Crippen molar-refractivity contribution in [1.29, 1.82) is 0 Å². The first-order valence-corrected chi connectivity index (χ1v) is 8.33. The number of hydrogen-bond acceptors (Lipinski definition) is 7. The molecule has 2 aromatic rings. The lowest BCUT2D eigenvalue weighted by Gasteiger charge is -2.12. The van der Waals surface area contributed by atoms with Crippen LogP contribution in [0.2, 0.25) is 0 Å². The lowest BCUT2D eigenvalue weighted by Crippen LogP contribution is -2.25. The van der Waals surface area contributed by atoms with E-state index in [2.05, 4.69) is 19.7 Å². The third kappa shape index (κ3) is 4.36. The average Bonchev–Trinajstić information content (AvgIpc) is 2.53. The van der Waals surface area contributed by atoms with Gasteiger partial charge in [0.1, 0.15) is 0 Å². The van der Waals surface area contributed by atoms with E-state index < -0.39 is 10.0 Å². The van der Waals surface area contributed by atoms with Gasteiger partial charge in [-0.1, -0.05) is 17.7 Å². The summed E-state index contributed by atoms with van der Waals surface area (Å²) in [6.07, 6.45) is 0. The lowest BCUT2D eigenvalue weighted by atomic mass is 10.2. The van der Waals surface area contributed by atoms with E-state index in [1.54, 1.807) is 43.3 Å². The maximum Gasteiger partial charge on any atom is 0.321 e. The number of aromatic nitrogens is 3. The third-order valence-electron chi connectivity index (χ3n) is 2.98. The molecule has 0 radical (unpaired) electrons. The van der Waals surface area contributed by atoms with Gasteiger partial charge in [0.25, 0.3) is 0 Å². The number of hydrogen-bond donors (Lipinski definition) is 1. The summed E-state index contributed by atoms with van der Waals surface area (Å²) in [6.45, 7) is 1.83. The number of benzene rings is 1. The summed E-state index contributed by atoms with van der Waals surface area (Å²) in [5.41, 5.74) is 0.988. The van der Waals surface area contributed by atoms with Crippen LogP contribution in [0.1, 0.15) is 11.4 Å². The van der Waals surface area contributed by atoms with E-state index in [1.807, 2.05) is 6.92 Å². The molecule has 0 amide bonds. The molecule has 0 spiro atoms.